The van der Waals surface area contributed by atoms with Crippen molar-refractivity contribution in [1.82, 2.24) is 0 Å². The molecule has 0 spiro atoms. The number of benzene rings is 2. The molecule has 0 unspecified atom stereocenters. The number of ether oxygens (including phenoxy) is 1. The van der Waals surface area contributed by atoms with E-state index >= 15 is 0 Å². The Labute approximate surface area is 162 Å². The molecule has 1 fully saturated rings. The molecule has 1 amide bonds. The summed E-state index contributed by atoms with van der Waals surface area (Å²) in [6, 6.07) is 13.7. The maximum absolute atomic E-state index is 12.8. The Hall–Kier alpha value is -3.22. The quantitative estimate of drug-likeness (QED) is 0.464. The minimum Gasteiger partial charge on any atom is -0.455 e. The molecule has 0 bridgehead atoms. The number of carbonyl (C=O) groups is 2. The molecular formula is C21H22N2O5. The minimum absolute atomic E-state index is 0.119. The Kier molecular flexibility index (Phi) is 5.73. The van der Waals surface area contributed by atoms with Gasteiger partial charge in [0, 0.05) is 12.1 Å². The van der Waals surface area contributed by atoms with E-state index in [1.807, 2.05) is 30.3 Å². The van der Waals surface area contributed by atoms with Crippen molar-refractivity contribution in [1.29, 1.82) is 0 Å². The third kappa shape index (κ3) is 4.03. The van der Waals surface area contributed by atoms with Gasteiger partial charge in [-0.25, -0.2) is 0 Å². The lowest BCUT2D eigenvalue weighted by molar-refractivity contribution is -0.384. The van der Waals surface area contributed by atoms with E-state index in [1.165, 1.54) is 12.1 Å². The Morgan fingerprint density at radius 1 is 1.14 bits per heavy atom. The number of anilines is 1. The molecule has 2 aromatic rings. The van der Waals surface area contributed by atoms with Crippen LogP contribution in [0.15, 0.2) is 48.5 Å². The van der Waals surface area contributed by atoms with Gasteiger partial charge < -0.3 is 10.1 Å². The fourth-order valence-electron chi connectivity index (χ4n) is 3.66. The van der Waals surface area contributed by atoms with Crippen molar-refractivity contribution in [2.75, 3.05) is 11.9 Å². The number of nitrogens with zero attached hydrogens (tertiary/aromatic N) is 1. The summed E-state index contributed by atoms with van der Waals surface area (Å²) >= 11 is 0. The second-order valence-electron chi connectivity index (χ2n) is 7.04. The van der Waals surface area contributed by atoms with Crippen molar-refractivity contribution in [3.05, 3.63) is 69.8 Å². The van der Waals surface area contributed by atoms with Crippen molar-refractivity contribution in [3.8, 4) is 0 Å². The molecule has 1 N–H and O–H groups in total. The number of nitro groups is 1. The zero-order valence-corrected chi connectivity index (χ0v) is 15.6. The number of nitro benzene ring substituents is 1. The van der Waals surface area contributed by atoms with Gasteiger partial charge in [0.25, 0.3) is 11.6 Å². The first-order valence-electron chi connectivity index (χ1n) is 9.20. The number of hydrogen-bond acceptors (Lipinski definition) is 5. The first kappa shape index (κ1) is 19.5. The molecule has 0 heterocycles. The maximum atomic E-state index is 12.8. The molecule has 0 aromatic heterocycles. The van der Waals surface area contributed by atoms with E-state index in [2.05, 4.69) is 5.32 Å². The van der Waals surface area contributed by atoms with Crippen LogP contribution in [-0.4, -0.2) is 23.4 Å². The normalized spacial score (nSPS) is 15.0. The highest BCUT2D eigenvalue weighted by Crippen LogP contribution is 2.42. The molecule has 1 saturated carbocycles. The van der Waals surface area contributed by atoms with Gasteiger partial charge in [-0.15, -0.1) is 0 Å². The van der Waals surface area contributed by atoms with Crippen molar-refractivity contribution >= 4 is 23.3 Å². The van der Waals surface area contributed by atoms with Crippen molar-refractivity contribution < 1.29 is 19.2 Å². The van der Waals surface area contributed by atoms with E-state index in [9.17, 15) is 19.7 Å². The zero-order chi connectivity index (χ0) is 20.1. The molecule has 7 heteroatoms. The average Bonchev–Trinajstić information content (AvgIpc) is 3.19. The second-order valence-corrected chi connectivity index (χ2v) is 7.04. The van der Waals surface area contributed by atoms with Crippen LogP contribution < -0.4 is 5.32 Å². The Morgan fingerprint density at radius 2 is 1.82 bits per heavy atom. The Morgan fingerprint density at radius 3 is 2.46 bits per heavy atom. The topological polar surface area (TPSA) is 98.5 Å². The molecule has 28 heavy (non-hydrogen) atoms. The molecule has 1 aliphatic carbocycles. The first-order valence-corrected chi connectivity index (χ1v) is 9.20. The fourth-order valence-corrected chi connectivity index (χ4v) is 3.66. The summed E-state index contributed by atoms with van der Waals surface area (Å²) in [5.74, 6) is -0.930. The SMILES string of the molecule is Cc1ccc([N+](=O)[O-])cc1NC(=O)COC(=O)C1(c2ccccc2)CCCC1. The van der Waals surface area contributed by atoms with Crippen LogP contribution in [0.25, 0.3) is 0 Å². The molecule has 7 nitrogen and oxygen atoms in total. The predicted molar refractivity (Wildman–Crippen MR) is 104 cm³/mol. The van der Waals surface area contributed by atoms with Crippen LogP contribution in [0.5, 0.6) is 0 Å². The summed E-state index contributed by atoms with van der Waals surface area (Å²) in [4.78, 5) is 35.5. The van der Waals surface area contributed by atoms with Gasteiger partial charge in [-0.3, -0.25) is 19.7 Å². The van der Waals surface area contributed by atoms with Crippen LogP contribution in [0.1, 0.15) is 36.8 Å². The molecule has 0 aliphatic heterocycles. The molecule has 0 saturated heterocycles. The standard InChI is InChI=1S/C21H22N2O5/c1-15-9-10-17(23(26)27)13-18(15)22-19(24)14-28-20(25)21(11-5-6-12-21)16-7-3-2-4-8-16/h2-4,7-10,13H,5-6,11-12,14H2,1H3,(H,22,24). The van der Waals surface area contributed by atoms with Crippen LogP contribution >= 0.6 is 0 Å². The van der Waals surface area contributed by atoms with Gasteiger partial charge in [-0.2, -0.15) is 0 Å². The van der Waals surface area contributed by atoms with Gasteiger partial charge in [-0.1, -0.05) is 49.2 Å². The van der Waals surface area contributed by atoms with Crippen molar-refractivity contribution in [2.45, 2.75) is 38.0 Å². The van der Waals surface area contributed by atoms with E-state index in [1.54, 1.807) is 13.0 Å². The van der Waals surface area contributed by atoms with E-state index in [4.69, 9.17) is 4.74 Å². The second kappa shape index (κ2) is 8.21. The summed E-state index contributed by atoms with van der Waals surface area (Å²) in [6.07, 6.45) is 3.26. The largest absolute Gasteiger partial charge is 0.455 e. The molecule has 0 radical (unpaired) electrons. The maximum Gasteiger partial charge on any atom is 0.317 e. The number of nitrogens with one attached hydrogen (secondary N) is 1. The van der Waals surface area contributed by atoms with Gasteiger partial charge in [0.05, 0.1) is 16.0 Å². The molecular weight excluding hydrogens is 360 g/mol. The Bertz CT molecular complexity index is 889. The van der Waals surface area contributed by atoms with Gasteiger partial charge >= 0.3 is 5.97 Å². The number of non-ortho nitro benzene ring substituents is 1. The van der Waals surface area contributed by atoms with E-state index in [-0.39, 0.29) is 5.69 Å². The van der Waals surface area contributed by atoms with E-state index in [0.29, 0.717) is 24.1 Å². The monoisotopic (exact) mass is 382 g/mol. The lowest BCUT2D eigenvalue weighted by atomic mass is 9.79. The highest BCUT2D eigenvalue weighted by molar-refractivity contribution is 5.94. The van der Waals surface area contributed by atoms with Gasteiger partial charge in [0.1, 0.15) is 0 Å². The summed E-state index contributed by atoms with van der Waals surface area (Å²) in [5.41, 5.74) is 1.10. The molecule has 1 aliphatic rings. The fraction of sp³-hybridized carbons (Fsp3) is 0.333. The lowest BCUT2D eigenvalue weighted by Gasteiger charge is -2.27. The van der Waals surface area contributed by atoms with Gasteiger partial charge in [0.2, 0.25) is 0 Å². The lowest BCUT2D eigenvalue weighted by Crippen LogP contribution is -2.36. The first-order chi connectivity index (χ1) is 13.4. The van der Waals surface area contributed by atoms with Crippen LogP contribution in [0.4, 0.5) is 11.4 Å². The molecule has 3 rings (SSSR count). The smallest absolute Gasteiger partial charge is 0.317 e. The number of esters is 1. The molecule has 0 atom stereocenters. The molecule has 146 valence electrons. The average molecular weight is 382 g/mol. The van der Waals surface area contributed by atoms with Crippen molar-refractivity contribution in [3.63, 3.8) is 0 Å². The van der Waals surface area contributed by atoms with Gasteiger partial charge in [-0.05, 0) is 30.9 Å². The third-order valence-corrected chi connectivity index (χ3v) is 5.21. The highest BCUT2D eigenvalue weighted by Gasteiger charge is 2.44. The summed E-state index contributed by atoms with van der Waals surface area (Å²) in [7, 11) is 0. The van der Waals surface area contributed by atoms with Crippen LogP contribution in [0, 0.1) is 17.0 Å². The minimum atomic E-state index is -0.705. The number of amides is 1. The highest BCUT2D eigenvalue weighted by atomic mass is 16.6. The van der Waals surface area contributed by atoms with Crippen LogP contribution in [0.2, 0.25) is 0 Å². The van der Waals surface area contributed by atoms with Crippen LogP contribution in [0.3, 0.4) is 0 Å². The number of rotatable bonds is 6. The van der Waals surface area contributed by atoms with Crippen LogP contribution in [-0.2, 0) is 19.7 Å². The Balaban J connectivity index is 1.66. The summed E-state index contributed by atoms with van der Waals surface area (Å²) in [5, 5.41) is 13.5. The van der Waals surface area contributed by atoms with Crippen molar-refractivity contribution in [2.24, 2.45) is 0 Å². The predicted octanol–water partition coefficient (Wildman–Crippen LogP) is 3.90. The van der Waals surface area contributed by atoms with E-state index in [0.717, 1.165) is 18.4 Å². The molecule has 2 aromatic carbocycles. The summed E-state index contributed by atoms with van der Waals surface area (Å²) in [6.45, 7) is 1.30. The summed E-state index contributed by atoms with van der Waals surface area (Å²) < 4.78 is 5.35. The number of carbonyl (C=O) groups excluding carboxylic acids is 2. The van der Waals surface area contributed by atoms with Gasteiger partial charge in [0.15, 0.2) is 6.61 Å². The van der Waals surface area contributed by atoms with E-state index < -0.39 is 28.8 Å². The number of aryl methyl sites for hydroxylation is 1. The third-order valence-electron chi connectivity index (χ3n) is 5.21. The zero-order valence-electron chi connectivity index (χ0n) is 15.6. The number of hydrogen-bond donors (Lipinski definition) is 1.